The molecule has 0 spiro atoms. The molecule has 3 rings (SSSR count). The van der Waals surface area contributed by atoms with Gasteiger partial charge in [0.2, 0.25) is 0 Å². The lowest BCUT2D eigenvalue weighted by molar-refractivity contribution is 0.102. The maximum absolute atomic E-state index is 14.5. The number of halogens is 2. The van der Waals surface area contributed by atoms with E-state index in [0.29, 0.717) is 55.2 Å². The molecule has 0 atom stereocenters. The van der Waals surface area contributed by atoms with Crippen LogP contribution < -0.4 is 15.4 Å². The second kappa shape index (κ2) is 12.7. The highest BCUT2D eigenvalue weighted by molar-refractivity contribution is 6.30. The van der Waals surface area contributed by atoms with E-state index in [1.165, 1.54) is 6.07 Å². The predicted molar refractivity (Wildman–Crippen MR) is 136 cm³/mol. The Morgan fingerprint density at radius 1 is 1.17 bits per heavy atom. The Morgan fingerprint density at radius 2 is 1.97 bits per heavy atom. The number of ether oxygens (including phenoxy) is 2. The van der Waals surface area contributed by atoms with E-state index in [9.17, 15) is 9.18 Å². The molecule has 1 amide bonds. The molecule has 0 aliphatic rings. The van der Waals surface area contributed by atoms with Crippen LogP contribution in [0.15, 0.2) is 42.5 Å². The van der Waals surface area contributed by atoms with E-state index in [-0.39, 0.29) is 5.56 Å². The molecule has 1 heterocycles. The lowest BCUT2D eigenvalue weighted by Crippen LogP contribution is -2.19. The molecule has 35 heavy (non-hydrogen) atoms. The van der Waals surface area contributed by atoms with Gasteiger partial charge in [-0.25, -0.2) is 4.39 Å². The molecule has 0 saturated heterocycles. The highest BCUT2D eigenvalue weighted by Crippen LogP contribution is 2.25. The maximum Gasteiger partial charge on any atom is 0.256 e. The molecule has 188 valence electrons. The molecule has 7 nitrogen and oxygen atoms in total. The largest absolute Gasteiger partial charge is 0.493 e. The number of hydrogen-bond donors (Lipinski definition) is 2. The van der Waals surface area contributed by atoms with E-state index in [0.717, 1.165) is 17.0 Å². The van der Waals surface area contributed by atoms with E-state index in [1.54, 1.807) is 36.1 Å². The van der Waals surface area contributed by atoms with Crippen LogP contribution in [0.4, 0.5) is 10.2 Å². The van der Waals surface area contributed by atoms with Crippen molar-refractivity contribution in [3.05, 3.63) is 75.7 Å². The smallest absolute Gasteiger partial charge is 0.256 e. The molecule has 0 unspecified atom stereocenters. The van der Waals surface area contributed by atoms with Crippen molar-refractivity contribution in [1.82, 2.24) is 15.1 Å². The van der Waals surface area contributed by atoms with Crippen molar-refractivity contribution in [1.29, 1.82) is 0 Å². The summed E-state index contributed by atoms with van der Waals surface area (Å²) in [5.41, 5.74) is 2.43. The number of amides is 1. The molecule has 3 aromatic rings. The summed E-state index contributed by atoms with van der Waals surface area (Å²) in [4.78, 5) is 12.7. The fourth-order valence-corrected chi connectivity index (χ4v) is 3.57. The molecule has 2 aromatic carbocycles. The predicted octanol–water partition coefficient (Wildman–Crippen LogP) is 5.06. The number of rotatable bonds is 12. The number of anilines is 1. The van der Waals surface area contributed by atoms with Crippen molar-refractivity contribution >= 4 is 23.3 Å². The molecule has 0 saturated carbocycles. The first-order valence-electron chi connectivity index (χ1n) is 11.5. The molecule has 0 aliphatic heterocycles. The minimum atomic E-state index is -0.445. The molecule has 2 N–H and O–H groups in total. The van der Waals surface area contributed by atoms with E-state index in [1.807, 2.05) is 19.1 Å². The van der Waals surface area contributed by atoms with Crippen molar-refractivity contribution < 1.29 is 18.7 Å². The Bertz CT molecular complexity index is 1150. The Balaban J connectivity index is 1.68. The zero-order valence-electron chi connectivity index (χ0n) is 20.5. The van der Waals surface area contributed by atoms with Gasteiger partial charge < -0.3 is 20.1 Å². The molecule has 0 aliphatic carbocycles. The summed E-state index contributed by atoms with van der Waals surface area (Å²) >= 11 is 6.21. The standard InChI is InChI=1S/C26H32ClFN4O3/c1-17(2)16-35-24-8-7-22(27)12-21(24)15-32-18(3)11-25(31-32)30-26(33)19-5-6-20(23(28)13-19)14-29-9-10-34-4/h5-8,11-13,17,29H,9-10,14-16H2,1-4H3,(H,30,31,33). The minimum absolute atomic E-state index is 0.217. The summed E-state index contributed by atoms with van der Waals surface area (Å²) in [5.74, 6) is 0.633. The third-order valence-electron chi connectivity index (χ3n) is 5.25. The third kappa shape index (κ3) is 7.78. The van der Waals surface area contributed by atoms with Gasteiger partial charge in [0.1, 0.15) is 11.6 Å². The number of nitrogens with one attached hydrogen (secondary N) is 2. The summed E-state index contributed by atoms with van der Waals surface area (Å²) in [6.07, 6.45) is 0. The zero-order chi connectivity index (χ0) is 25.4. The summed E-state index contributed by atoms with van der Waals surface area (Å²) in [6, 6.07) is 11.7. The van der Waals surface area contributed by atoms with Gasteiger partial charge in [-0.05, 0) is 43.2 Å². The van der Waals surface area contributed by atoms with Crippen LogP contribution in [0.3, 0.4) is 0 Å². The lowest BCUT2D eigenvalue weighted by atomic mass is 10.1. The number of carbonyl (C=O) groups is 1. The Hall–Kier alpha value is -2.94. The van der Waals surface area contributed by atoms with Crippen LogP contribution in [-0.4, -0.2) is 42.6 Å². The monoisotopic (exact) mass is 502 g/mol. The van der Waals surface area contributed by atoms with Crippen LogP contribution in [0.5, 0.6) is 5.75 Å². The van der Waals surface area contributed by atoms with Crippen molar-refractivity contribution in [3.8, 4) is 5.75 Å². The summed E-state index contributed by atoms with van der Waals surface area (Å²) < 4.78 is 27.1. The van der Waals surface area contributed by atoms with Crippen molar-refractivity contribution in [3.63, 3.8) is 0 Å². The second-order valence-electron chi connectivity index (χ2n) is 8.72. The van der Waals surface area contributed by atoms with Gasteiger partial charge in [0.25, 0.3) is 5.91 Å². The summed E-state index contributed by atoms with van der Waals surface area (Å²) in [6.45, 7) is 8.59. The Kier molecular flexibility index (Phi) is 9.65. The molecular weight excluding hydrogens is 471 g/mol. The van der Waals surface area contributed by atoms with Crippen molar-refractivity contribution in [2.75, 3.05) is 32.2 Å². The van der Waals surface area contributed by atoms with E-state index in [4.69, 9.17) is 21.1 Å². The van der Waals surface area contributed by atoms with Crippen molar-refractivity contribution in [2.45, 2.75) is 33.9 Å². The van der Waals surface area contributed by atoms with Gasteiger partial charge in [-0.1, -0.05) is 31.5 Å². The molecule has 9 heteroatoms. The Labute approximate surface area is 210 Å². The van der Waals surface area contributed by atoms with Gasteiger partial charge in [0.15, 0.2) is 5.82 Å². The fraction of sp³-hybridized carbons (Fsp3) is 0.385. The van der Waals surface area contributed by atoms with Gasteiger partial charge in [0.05, 0.1) is 19.8 Å². The van der Waals surface area contributed by atoms with Crippen LogP contribution in [0, 0.1) is 18.7 Å². The van der Waals surface area contributed by atoms with Crippen LogP contribution >= 0.6 is 11.6 Å². The molecule has 0 bridgehead atoms. The third-order valence-corrected chi connectivity index (χ3v) is 5.49. The number of carbonyl (C=O) groups excluding carboxylic acids is 1. The van der Waals surface area contributed by atoms with Gasteiger partial charge in [-0.3, -0.25) is 9.48 Å². The van der Waals surface area contributed by atoms with Gasteiger partial charge in [0, 0.05) is 53.7 Å². The topological polar surface area (TPSA) is 77.4 Å². The first-order valence-corrected chi connectivity index (χ1v) is 11.9. The fourth-order valence-electron chi connectivity index (χ4n) is 3.38. The van der Waals surface area contributed by atoms with Gasteiger partial charge in [-0.2, -0.15) is 5.10 Å². The SMILES string of the molecule is COCCNCc1ccc(C(=O)Nc2cc(C)n(Cc3cc(Cl)ccc3OCC(C)C)n2)cc1F. The zero-order valence-corrected chi connectivity index (χ0v) is 21.3. The van der Waals surface area contributed by atoms with Gasteiger partial charge >= 0.3 is 0 Å². The molecule has 0 fully saturated rings. The van der Waals surface area contributed by atoms with E-state index >= 15 is 0 Å². The van der Waals surface area contributed by atoms with E-state index in [2.05, 4.69) is 29.6 Å². The van der Waals surface area contributed by atoms with Crippen molar-refractivity contribution in [2.24, 2.45) is 5.92 Å². The number of benzene rings is 2. The Morgan fingerprint density at radius 3 is 2.69 bits per heavy atom. The average Bonchev–Trinajstić information content (AvgIpc) is 3.15. The van der Waals surface area contributed by atoms with Crippen LogP contribution in [0.1, 0.15) is 41.0 Å². The maximum atomic E-state index is 14.5. The minimum Gasteiger partial charge on any atom is -0.493 e. The highest BCUT2D eigenvalue weighted by atomic mass is 35.5. The highest BCUT2D eigenvalue weighted by Gasteiger charge is 2.14. The first kappa shape index (κ1) is 26.7. The quantitative estimate of drug-likeness (QED) is 0.339. The molecular formula is C26H32ClFN4O3. The van der Waals surface area contributed by atoms with Gasteiger partial charge in [-0.15, -0.1) is 0 Å². The average molecular weight is 503 g/mol. The first-order chi connectivity index (χ1) is 16.8. The summed E-state index contributed by atoms with van der Waals surface area (Å²) in [7, 11) is 1.61. The summed E-state index contributed by atoms with van der Waals surface area (Å²) in [5, 5.41) is 10.9. The number of aromatic nitrogens is 2. The number of methoxy groups -OCH3 is 1. The number of aryl methyl sites for hydroxylation is 1. The molecule has 1 aromatic heterocycles. The number of hydrogen-bond acceptors (Lipinski definition) is 5. The van der Waals surface area contributed by atoms with Crippen LogP contribution in [0.2, 0.25) is 5.02 Å². The molecule has 0 radical (unpaired) electrons. The normalized spacial score (nSPS) is 11.2. The number of nitrogens with zero attached hydrogens (tertiary/aromatic N) is 2. The second-order valence-corrected chi connectivity index (χ2v) is 9.15. The van der Waals surface area contributed by atoms with Crippen LogP contribution in [0.25, 0.3) is 0 Å². The lowest BCUT2D eigenvalue weighted by Gasteiger charge is -2.14. The van der Waals surface area contributed by atoms with E-state index < -0.39 is 11.7 Å². The van der Waals surface area contributed by atoms with Crippen LogP contribution in [-0.2, 0) is 17.8 Å².